The molecule has 1 aromatic heterocycles. The summed E-state index contributed by atoms with van der Waals surface area (Å²) in [6, 6.07) is 5.55. The molecule has 0 atom stereocenters. The molecule has 0 fully saturated rings. The summed E-state index contributed by atoms with van der Waals surface area (Å²) >= 11 is 5.97. The van der Waals surface area contributed by atoms with Crippen LogP contribution < -0.4 is 5.32 Å². The van der Waals surface area contributed by atoms with Crippen molar-refractivity contribution in [3.63, 3.8) is 0 Å². The maximum atomic E-state index is 12.1. The lowest BCUT2D eigenvalue weighted by molar-refractivity contribution is 0.0944. The summed E-state index contributed by atoms with van der Waals surface area (Å²) in [5, 5.41) is 4.52. The number of H-pyrrole nitrogens is 1. The van der Waals surface area contributed by atoms with E-state index in [1.165, 1.54) is 0 Å². The summed E-state index contributed by atoms with van der Waals surface area (Å²) < 4.78 is 4.94. The Morgan fingerprint density at radius 3 is 3.00 bits per heavy atom. The van der Waals surface area contributed by atoms with Crippen LogP contribution in [0.2, 0.25) is 5.02 Å². The average Bonchev–Trinajstić information content (AvgIpc) is 2.72. The topological polar surface area (TPSA) is 54.1 Å². The Morgan fingerprint density at radius 1 is 1.47 bits per heavy atom. The number of benzene rings is 1. The second-order valence-electron chi connectivity index (χ2n) is 4.42. The van der Waals surface area contributed by atoms with Gasteiger partial charge in [0.05, 0.1) is 0 Å². The number of carbonyl (C=O) groups is 1. The van der Waals surface area contributed by atoms with Crippen molar-refractivity contribution < 1.29 is 9.53 Å². The number of fused-ring (bicyclic) bond motifs is 1. The minimum absolute atomic E-state index is 0.0964. The molecule has 0 aliphatic heterocycles. The van der Waals surface area contributed by atoms with E-state index in [2.05, 4.69) is 10.3 Å². The van der Waals surface area contributed by atoms with Gasteiger partial charge in [-0.05, 0) is 37.1 Å². The van der Waals surface area contributed by atoms with Gasteiger partial charge in [-0.3, -0.25) is 4.79 Å². The molecule has 0 saturated heterocycles. The fourth-order valence-electron chi connectivity index (χ4n) is 2.03. The molecule has 1 heterocycles. The summed E-state index contributed by atoms with van der Waals surface area (Å²) in [6.07, 6.45) is 0.799. The Bertz CT molecular complexity index is 592. The molecular weight excluding hydrogens is 264 g/mol. The molecule has 0 aliphatic rings. The van der Waals surface area contributed by atoms with Gasteiger partial charge in [0.25, 0.3) is 5.91 Å². The van der Waals surface area contributed by atoms with Gasteiger partial charge in [-0.25, -0.2) is 0 Å². The number of aryl methyl sites for hydroxylation is 1. The molecule has 2 N–H and O–H groups in total. The highest BCUT2D eigenvalue weighted by molar-refractivity contribution is 6.31. The third-order valence-electron chi connectivity index (χ3n) is 3.06. The second-order valence-corrected chi connectivity index (χ2v) is 4.85. The molecule has 2 rings (SSSR count). The van der Waals surface area contributed by atoms with E-state index in [-0.39, 0.29) is 5.91 Å². The van der Waals surface area contributed by atoms with Crippen LogP contribution in [0.1, 0.15) is 22.5 Å². The molecule has 102 valence electrons. The normalized spacial score (nSPS) is 10.9. The minimum atomic E-state index is -0.0964. The van der Waals surface area contributed by atoms with Gasteiger partial charge < -0.3 is 15.0 Å². The van der Waals surface area contributed by atoms with Crippen molar-refractivity contribution in [3.05, 3.63) is 34.5 Å². The van der Waals surface area contributed by atoms with Gasteiger partial charge in [-0.15, -0.1) is 0 Å². The molecule has 0 radical (unpaired) electrons. The number of halogens is 1. The molecular formula is C14H17ClN2O2. The lowest BCUT2D eigenvalue weighted by atomic mass is 10.1. The predicted octanol–water partition coefficient (Wildman–Crippen LogP) is 2.90. The first-order valence-electron chi connectivity index (χ1n) is 6.18. The number of rotatable bonds is 5. The summed E-state index contributed by atoms with van der Waals surface area (Å²) in [5.74, 6) is -0.0964. The predicted molar refractivity (Wildman–Crippen MR) is 76.9 cm³/mol. The first kappa shape index (κ1) is 13.9. The number of methoxy groups -OCH3 is 1. The molecule has 5 heteroatoms. The molecule has 19 heavy (non-hydrogen) atoms. The highest BCUT2D eigenvalue weighted by atomic mass is 35.5. The summed E-state index contributed by atoms with van der Waals surface area (Å²) in [7, 11) is 1.65. The first-order chi connectivity index (χ1) is 9.13. The summed E-state index contributed by atoms with van der Waals surface area (Å²) in [5.41, 5.74) is 2.43. The Labute approximate surface area is 117 Å². The van der Waals surface area contributed by atoms with Crippen LogP contribution in [0.15, 0.2) is 18.2 Å². The zero-order chi connectivity index (χ0) is 13.8. The Kier molecular flexibility index (Phi) is 4.45. The highest BCUT2D eigenvalue weighted by Gasteiger charge is 2.14. The van der Waals surface area contributed by atoms with E-state index >= 15 is 0 Å². The highest BCUT2D eigenvalue weighted by Crippen LogP contribution is 2.24. The van der Waals surface area contributed by atoms with E-state index in [9.17, 15) is 4.79 Å². The lowest BCUT2D eigenvalue weighted by Crippen LogP contribution is -2.26. The molecule has 2 aromatic rings. The molecule has 1 aromatic carbocycles. The molecule has 1 amide bonds. The van der Waals surface area contributed by atoms with E-state index in [1.54, 1.807) is 13.2 Å². The molecule has 0 saturated carbocycles. The number of aromatic amines is 1. The Morgan fingerprint density at radius 2 is 2.26 bits per heavy atom. The van der Waals surface area contributed by atoms with Crippen molar-refractivity contribution in [2.75, 3.05) is 20.3 Å². The summed E-state index contributed by atoms with van der Waals surface area (Å²) in [6.45, 7) is 3.16. The molecule has 0 bridgehead atoms. The van der Waals surface area contributed by atoms with Gasteiger partial charge in [-0.2, -0.15) is 0 Å². The monoisotopic (exact) mass is 280 g/mol. The van der Waals surface area contributed by atoms with Gasteiger partial charge in [0.15, 0.2) is 0 Å². The molecule has 0 spiro atoms. The number of hydrogen-bond donors (Lipinski definition) is 2. The van der Waals surface area contributed by atoms with Crippen molar-refractivity contribution in [1.29, 1.82) is 0 Å². The van der Waals surface area contributed by atoms with Crippen molar-refractivity contribution in [2.45, 2.75) is 13.3 Å². The fraction of sp³-hybridized carbons (Fsp3) is 0.357. The Hall–Kier alpha value is -1.52. The van der Waals surface area contributed by atoms with Gasteiger partial charge >= 0.3 is 0 Å². The smallest absolute Gasteiger partial charge is 0.268 e. The van der Waals surface area contributed by atoms with Crippen LogP contribution in [0.25, 0.3) is 10.9 Å². The standard InChI is InChI=1S/C14H17ClN2O2/c1-9-11-8-10(15)4-5-12(11)17-13(9)14(18)16-6-3-7-19-2/h4-5,8,17H,3,6-7H2,1-2H3,(H,16,18). The molecule has 4 nitrogen and oxygen atoms in total. The maximum absolute atomic E-state index is 12.1. The molecule has 0 unspecified atom stereocenters. The van der Waals surface area contributed by atoms with Crippen molar-refractivity contribution in [3.8, 4) is 0 Å². The van der Waals surface area contributed by atoms with Gasteiger partial charge in [0.2, 0.25) is 0 Å². The van der Waals surface area contributed by atoms with Crippen LogP contribution in [0.5, 0.6) is 0 Å². The lowest BCUT2D eigenvalue weighted by Gasteiger charge is -2.04. The number of amides is 1. The average molecular weight is 281 g/mol. The second kappa shape index (κ2) is 6.08. The number of ether oxygens (including phenoxy) is 1. The maximum Gasteiger partial charge on any atom is 0.268 e. The first-order valence-corrected chi connectivity index (χ1v) is 6.56. The number of hydrogen-bond acceptors (Lipinski definition) is 2. The van der Waals surface area contributed by atoms with Crippen LogP contribution in [0.3, 0.4) is 0 Å². The van der Waals surface area contributed by atoms with E-state index in [0.717, 1.165) is 22.9 Å². The number of carbonyl (C=O) groups excluding carboxylic acids is 1. The quantitative estimate of drug-likeness (QED) is 0.828. The van der Waals surface area contributed by atoms with E-state index < -0.39 is 0 Å². The third-order valence-corrected chi connectivity index (χ3v) is 3.29. The minimum Gasteiger partial charge on any atom is -0.385 e. The van der Waals surface area contributed by atoms with Crippen LogP contribution in [-0.4, -0.2) is 31.2 Å². The summed E-state index contributed by atoms with van der Waals surface area (Å²) in [4.78, 5) is 15.2. The third kappa shape index (κ3) is 3.08. The van der Waals surface area contributed by atoms with Gasteiger partial charge in [-0.1, -0.05) is 11.6 Å². The van der Waals surface area contributed by atoms with Crippen molar-refractivity contribution in [1.82, 2.24) is 10.3 Å². The van der Waals surface area contributed by atoms with E-state index in [1.807, 2.05) is 19.1 Å². The van der Waals surface area contributed by atoms with E-state index in [4.69, 9.17) is 16.3 Å². The van der Waals surface area contributed by atoms with Crippen molar-refractivity contribution >= 4 is 28.4 Å². The number of nitrogens with one attached hydrogen (secondary N) is 2. The van der Waals surface area contributed by atoms with Crippen LogP contribution in [-0.2, 0) is 4.74 Å². The zero-order valence-corrected chi connectivity index (χ0v) is 11.8. The van der Waals surface area contributed by atoms with Crippen LogP contribution >= 0.6 is 11.6 Å². The molecule has 0 aliphatic carbocycles. The Balaban J connectivity index is 2.16. The van der Waals surface area contributed by atoms with E-state index in [0.29, 0.717) is 23.9 Å². The number of aromatic nitrogens is 1. The van der Waals surface area contributed by atoms with Crippen LogP contribution in [0.4, 0.5) is 0 Å². The zero-order valence-electron chi connectivity index (χ0n) is 11.0. The SMILES string of the molecule is COCCCNC(=O)c1[nH]c2ccc(Cl)cc2c1C. The van der Waals surface area contributed by atoms with Gasteiger partial charge in [0, 0.05) is 36.2 Å². The van der Waals surface area contributed by atoms with Gasteiger partial charge in [0.1, 0.15) is 5.69 Å². The fourth-order valence-corrected chi connectivity index (χ4v) is 2.20. The van der Waals surface area contributed by atoms with Crippen molar-refractivity contribution in [2.24, 2.45) is 0 Å². The van der Waals surface area contributed by atoms with Crippen LogP contribution in [0, 0.1) is 6.92 Å². The largest absolute Gasteiger partial charge is 0.385 e.